The Kier molecular flexibility index (Phi) is 7.78. The number of methoxy groups -OCH3 is 1. The Morgan fingerprint density at radius 1 is 1.26 bits per heavy atom. The molecule has 1 fully saturated rings. The molecule has 0 aliphatic carbocycles. The maximum atomic E-state index is 13.4. The molecule has 1 aliphatic rings. The van der Waals surface area contributed by atoms with Crippen LogP contribution >= 0.6 is 11.3 Å². The van der Waals surface area contributed by atoms with Crippen molar-refractivity contribution in [2.24, 2.45) is 5.92 Å². The largest absolute Gasteiger partial charge is 0.497 e. The predicted octanol–water partition coefficient (Wildman–Crippen LogP) is 3.95. The van der Waals surface area contributed by atoms with Crippen molar-refractivity contribution in [1.82, 2.24) is 9.21 Å². The van der Waals surface area contributed by atoms with E-state index in [1.165, 1.54) is 15.6 Å². The number of piperidine rings is 1. The molecule has 1 aromatic carbocycles. The quantitative estimate of drug-likeness (QED) is 0.593. The highest BCUT2D eigenvalue weighted by molar-refractivity contribution is 7.91. The molecule has 1 aromatic heterocycles. The van der Waals surface area contributed by atoms with Crippen molar-refractivity contribution in [2.75, 3.05) is 26.7 Å². The minimum Gasteiger partial charge on any atom is -0.497 e. The normalized spacial score (nSPS) is 18.5. The topological polar surface area (TPSA) is 66.9 Å². The van der Waals surface area contributed by atoms with Crippen LogP contribution in [0.25, 0.3) is 0 Å². The van der Waals surface area contributed by atoms with Gasteiger partial charge in [0.1, 0.15) is 9.96 Å². The van der Waals surface area contributed by atoms with Gasteiger partial charge < -0.3 is 9.64 Å². The third kappa shape index (κ3) is 5.48. The van der Waals surface area contributed by atoms with E-state index in [0.717, 1.165) is 29.0 Å². The van der Waals surface area contributed by atoms with Crippen LogP contribution < -0.4 is 4.74 Å². The summed E-state index contributed by atoms with van der Waals surface area (Å²) in [5.74, 6) is 0.554. The number of hydrogen-bond donors (Lipinski definition) is 0. The van der Waals surface area contributed by atoms with E-state index >= 15 is 0 Å². The third-order valence-electron chi connectivity index (χ3n) is 5.89. The fraction of sp³-hybridized carbons (Fsp3) is 0.522. The summed E-state index contributed by atoms with van der Waals surface area (Å²) in [6.07, 6.45) is 2.16. The van der Waals surface area contributed by atoms with E-state index < -0.39 is 10.0 Å². The zero-order chi connectivity index (χ0) is 22.6. The van der Waals surface area contributed by atoms with Crippen LogP contribution in [0.4, 0.5) is 0 Å². The Morgan fingerprint density at radius 3 is 2.55 bits per heavy atom. The molecule has 0 N–H and O–H groups in total. The van der Waals surface area contributed by atoms with E-state index in [0.29, 0.717) is 23.7 Å². The van der Waals surface area contributed by atoms with E-state index in [2.05, 4.69) is 6.92 Å². The van der Waals surface area contributed by atoms with Crippen LogP contribution in [0.5, 0.6) is 5.75 Å². The first-order valence-electron chi connectivity index (χ1n) is 10.8. The van der Waals surface area contributed by atoms with E-state index in [4.69, 9.17) is 4.74 Å². The number of hydrogen-bond acceptors (Lipinski definition) is 5. The number of carbonyl (C=O) groups is 1. The van der Waals surface area contributed by atoms with Gasteiger partial charge in [-0.1, -0.05) is 12.1 Å². The molecule has 0 radical (unpaired) electrons. The number of carbonyl (C=O) groups excluding carboxylic acids is 1. The number of amides is 1. The Hall–Kier alpha value is -1.90. The Balaban J connectivity index is 1.69. The van der Waals surface area contributed by atoms with Gasteiger partial charge in [-0.2, -0.15) is 4.31 Å². The molecule has 0 spiro atoms. The summed E-state index contributed by atoms with van der Waals surface area (Å²) in [4.78, 5) is 16.2. The molecule has 1 amide bonds. The first kappa shape index (κ1) is 23.8. The van der Waals surface area contributed by atoms with Gasteiger partial charge in [-0.15, -0.1) is 11.3 Å². The summed E-state index contributed by atoms with van der Waals surface area (Å²) in [6.45, 7) is 7.26. The molecule has 170 valence electrons. The zero-order valence-electron chi connectivity index (χ0n) is 18.7. The van der Waals surface area contributed by atoms with Gasteiger partial charge in [0, 0.05) is 30.6 Å². The van der Waals surface area contributed by atoms with Crippen LogP contribution in [0.1, 0.15) is 37.1 Å². The van der Waals surface area contributed by atoms with Crippen LogP contribution in [0.15, 0.2) is 40.6 Å². The monoisotopic (exact) mass is 464 g/mol. The number of likely N-dealkylation sites (N-methyl/N-ethyl adjacent to an activating group) is 1. The predicted molar refractivity (Wildman–Crippen MR) is 124 cm³/mol. The number of rotatable bonds is 8. The third-order valence-corrected chi connectivity index (χ3v) is 9.22. The maximum absolute atomic E-state index is 13.4. The Bertz CT molecular complexity index is 985. The molecule has 0 bridgehead atoms. The summed E-state index contributed by atoms with van der Waals surface area (Å²) in [6, 6.07) is 11.4. The van der Waals surface area contributed by atoms with E-state index in [1.807, 2.05) is 49.1 Å². The highest BCUT2D eigenvalue weighted by atomic mass is 32.2. The van der Waals surface area contributed by atoms with Crippen LogP contribution in [0.3, 0.4) is 0 Å². The molecule has 3 rings (SSSR count). The molecule has 1 aliphatic heterocycles. The lowest BCUT2D eigenvalue weighted by Gasteiger charge is -2.36. The summed E-state index contributed by atoms with van der Waals surface area (Å²) >= 11 is 1.28. The first-order valence-corrected chi connectivity index (χ1v) is 13.0. The van der Waals surface area contributed by atoms with Crippen LogP contribution in [0.2, 0.25) is 0 Å². The first-order chi connectivity index (χ1) is 14.8. The lowest BCUT2D eigenvalue weighted by molar-refractivity contribution is -0.138. The van der Waals surface area contributed by atoms with E-state index in [1.54, 1.807) is 13.2 Å². The number of aryl methyl sites for hydroxylation is 1. The molecular weight excluding hydrogens is 432 g/mol. The van der Waals surface area contributed by atoms with Gasteiger partial charge in [0.2, 0.25) is 5.91 Å². The van der Waals surface area contributed by atoms with Gasteiger partial charge in [0.15, 0.2) is 0 Å². The van der Waals surface area contributed by atoms with Gasteiger partial charge >= 0.3 is 0 Å². The van der Waals surface area contributed by atoms with Crippen molar-refractivity contribution in [3.63, 3.8) is 0 Å². The summed E-state index contributed by atoms with van der Waals surface area (Å²) in [7, 11) is -1.90. The Morgan fingerprint density at radius 2 is 1.97 bits per heavy atom. The lowest BCUT2D eigenvalue weighted by Crippen LogP contribution is -2.49. The average molecular weight is 465 g/mol. The molecule has 1 saturated heterocycles. The number of benzene rings is 1. The number of thiophene rings is 1. The molecule has 8 heteroatoms. The van der Waals surface area contributed by atoms with E-state index in [9.17, 15) is 13.2 Å². The van der Waals surface area contributed by atoms with Gasteiger partial charge in [0.25, 0.3) is 10.0 Å². The molecule has 6 nitrogen and oxygen atoms in total. The zero-order valence-corrected chi connectivity index (χ0v) is 20.3. The highest BCUT2D eigenvalue weighted by Crippen LogP contribution is 2.29. The fourth-order valence-electron chi connectivity index (χ4n) is 4.17. The second-order valence-corrected chi connectivity index (χ2v) is 11.5. The van der Waals surface area contributed by atoms with Crippen LogP contribution in [0, 0.1) is 12.8 Å². The fourth-order valence-corrected chi connectivity index (χ4v) is 7.13. The van der Waals surface area contributed by atoms with Crippen molar-refractivity contribution in [3.8, 4) is 5.75 Å². The van der Waals surface area contributed by atoms with Crippen LogP contribution in [-0.2, 0) is 21.2 Å². The smallest absolute Gasteiger partial charge is 0.252 e. The maximum Gasteiger partial charge on any atom is 0.252 e. The standard InChI is InChI=1S/C23H32N2O4S2/c1-5-25(17(2)15-19-9-11-21(29-4)12-10-19)23(26)20-7-6-14-24(16-20)31(27,28)22-13-8-18(3)30-22/h8-13,17,20H,5-7,14-16H2,1-4H3. The molecule has 2 unspecified atom stereocenters. The number of ether oxygens (including phenoxy) is 1. The van der Waals surface area contributed by atoms with E-state index in [-0.39, 0.29) is 24.4 Å². The second kappa shape index (κ2) is 10.1. The Labute approximate surface area is 189 Å². The molecule has 31 heavy (non-hydrogen) atoms. The second-order valence-electron chi connectivity index (χ2n) is 8.09. The van der Waals surface area contributed by atoms with Crippen molar-refractivity contribution >= 4 is 27.3 Å². The SMILES string of the molecule is CCN(C(=O)C1CCCN(S(=O)(=O)c2ccc(C)s2)C1)C(C)Cc1ccc(OC)cc1. The summed E-state index contributed by atoms with van der Waals surface area (Å²) in [5, 5.41) is 0. The number of sulfonamides is 1. The summed E-state index contributed by atoms with van der Waals surface area (Å²) < 4.78 is 33.1. The van der Waals surface area contributed by atoms with Gasteiger partial charge in [-0.05, 0) is 69.9 Å². The van der Waals surface area contributed by atoms with Gasteiger partial charge in [0.05, 0.1) is 13.0 Å². The summed E-state index contributed by atoms with van der Waals surface area (Å²) in [5.41, 5.74) is 1.14. The van der Waals surface area contributed by atoms with Crippen molar-refractivity contribution in [3.05, 3.63) is 46.8 Å². The minimum atomic E-state index is -3.55. The average Bonchev–Trinajstić information content (AvgIpc) is 3.22. The molecule has 2 heterocycles. The molecule has 0 saturated carbocycles. The molecule has 2 aromatic rings. The highest BCUT2D eigenvalue weighted by Gasteiger charge is 2.36. The molecular formula is C23H32N2O4S2. The molecule has 2 atom stereocenters. The number of nitrogens with zero attached hydrogens (tertiary/aromatic N) is 2. The van der Waals surface area contributed by atoms with Gasteiger partial charge in [-0.25, -0.2) is 8.42 Å². The van der Waals surface area contributed by atoms with Crippen molar-refractivity contribution in [2.45, 2.75) is 50.3 Å². The van der Waals surface area contributed by atoms with Crippen LogP contribution in [-0.4, -0.2) is 56.3 Å². The van der Waals surface area contributed by atoms with Gasteiger partial charge in [-0.3, -0.25) is 4.79 Å². The van der Waals surface area contributed by atoms with Crippen molar-refractivity contribution in [1.29, 1.82) is 0 Å². The van der Waals surface area contributed by atoms with Crippen molar-refractivity contribution < 1.29 is 17.9 Å². The lowest BCUT2D eigenvalue weighted by atomic mass is 9.96. The minimum absolute atomic E-state index is 0.0258.